The fraction of sp³-hybridized carbons (Fsp3) is 0.333. The van der Waals surface area contributed by atoms with Crippen LogP contribution in [0.15, 0.2) is 56.7 Å². The first-order valence-corrected chi connectivity index (χ1v) is 8.89. The second-order valence-electron chi connectivity index (χ2n) is 5.70. The molecule has 3 heteroatoms. The summed E-state index contributed by atoms with van der Waals surface area (Å²) >= 11 is 5.41. The van der Waals surface area contributed by atoms with Gasteiger partial charge in [-0.05, 0) is 55.3 Å². The van der Waals surface area contributed by atoms with Gasteiger partial charge in [-0.15, -0.1) is 0 Å². The van der Waals surface area contributed by atoms with E-state index in [1.165, 1.54) is 20.9 Å². The molecule has 21 heavy (non-hydrogen) atoms. The molecule has 0 saturated carbocycles. The van der Waals surface area contributed by atoms with E-state index in [-0.39, 0.29) is 0 Å². The lowest BCUT2D eigenvalue weighted by Gasteiger charge is -2.12. The molecule has 0 spiro atoms. The maximum absolute atomic E-state index is 3.58. The quantitative estimate of drug-likeness (QED) is 0.710. The van der Waals surface area contributed by atoms with Crippen molar-refractivity contribution in [3.63, 3.8) is 0 Å². The zero-order valence-corrected chi connectivity index (χ0v) is 15.2. The summed E-state index contributed by atoms with van der Waals surface area (Å²) in [6, 6.07) is 15.2. The second-order valence-corrected chi connectivity index (χ2v) is 7.73. The van der Waals surface area contributed by atoms with Gasteiger partial charge in [-0.3, -0.25) is 0 Å². The summed E-state index contributed by atoms with van der Waals surface area (Å²) in [6.45, 7) is 8.55. The molecule has 0 atom stereocenters. The molecular formula is C18H22BrNS. The van der Waals surface area contributed by atoms with Crippen molar-refractivity contribution in [1.29, 1.82) is 0 Å². The molecule has 0 bridgehead atoms. The Bertz CT molecular complexity index is 596. The van der Waals surface area contributed by atoms with Crippen molar-refractivity contribution in [3.05, 3.63) is 58.1 Å². The van der Waals surface area contributed by atoms with E-state index < -0.39 is 0 Å². The van der Waals surface area contributed by atoms with Gasteiger partial charge in [0.05, 0.1) is 0 Å². The fourth-order valence-electron chi connectivity index (χ4n) is 2.09. The van der Waals surface area contributed by atoms with Crippen molar-refractivity contribution in [3.8, 4) is 0 Å². The Morgan fingerprint density at radius 3 is 2.67 bits per heavy atom. The Morgan fingerprint density at radius 2 is 1.95 bits per heavy atom. The first-order chi connectivity index (χ1) is 10.0. The Hall–Kier alpha value is -0.770. The molecule has 0 aliphatic carbocycles. The SMILES string of the molecule is Cc1cccc(Sc2ccc(Br)cc2CNCC(C)C)c1. The lowest BCUT2D eigenvalue weighted by atomic mass is 10.2. The molecule has 112 valence electrons. The van der Waals surface area contributed by atoms with E-state index >= 15 is 0 Å². The maximum Gasteiger partial charge on any atom is 0.0217 e. The summed E-state index contributed by atoms with van der Waals surface area (Å²) in [4.78, 5) is 2.61. The molecule has 2 aromatic rings. The van der Waals surface area contributed by atoms with Crippen LogP contribution >= 0.6 is 27.7 Å². The van der Waals surface area contributed by atoms with Crippen molar-refractivity contribution in [2.75, 3.05) is 6.54 Å². The molecular weight excluding hydrogens is 342 g/mol. The van der Waals surface area contributed by atoms with E-state index in [2.05, 4.69) is 84.5 Å². The molecule has 0 radical (unpaired) electrons. The lowest BCUT2D eigenvalue weighted by Crippen LogP contribution is -2.19. The molecule has 0 amide bonds. The van der Waals surface area contributed by atoms with Gasteiger partial charge in [0, 0.05) is 20.8 Å². The van der Waals surface area contributed by atoms with Crippen LogP contribution in [0.4, 0.5) is 0 Å². The van der Waals surface area contributed by atoms with E-state index in [1.54, 1.807) is 0 Å². The van der Waals surface area contributed by atoms with Crippen molar-refractivity contribution < 1.29 is 0 Å². The fourth-order valence-corrected chi connectivity index (χ4v) is 3.54. The van der Waals surface area contributed by atoms with Gasteiger partial charge in [0.1, 0.15) is 0 Å². The normalized spacial score (nSPS) is 11.1. The van der Waals surface area contributed by atoms with Gasteiger partial charge < -0.3 is 5.32 Å². The van der Waals surface area contributed by atoms with Gasteiger partial charge in [-0.1, -0.05) is 59.2 Å². The number of rotatable bonds is 6. The zero-order valence-electron chi connectivity index (χ0n) is 12.8. The highest BCUT2D eigenvalue weighted by Gasteiger charge is 2.06. The smallest absolute Gasteiger partial charge is 0.0217 e. The van der Waals surface area contributed by atoms with Crippen molar-refractivity contribution in [1.82, 2.24) is 5.32 Å². The molecule has 0 aromatic heterocycles. The standard InChI is InChI=1S/C18H22BrNS/c1-13(2)11-20-12-15-10-16(19)7-8-18(15)21-17-6-4-5-14(3)9-17/h4-10,13,20H,11-12H2,1-3H3. The van der Waals surface area contributed by atoms with Crippen LogP contribution in [0.3, 0.4) is 0 Å². The summed E-state index contributed by atoms with van der Waals surface area (Å²) in [5.74, 6) is 0.671. The number of benzene rings is 2. The third kappa shape index (κ3) is 5.50. The number of aryl methyl sites for hydroxylation is 1. The molecule has 2 rings (SSSR count). The minimum absolute atomic E-state index is 0.671. The summed E-state index contributed by atoms with van der Waals surface area (Å²) in [5, 5.41) is 3.53. The Labute approximate surface area is 140 Å². The summed E-state index contributed by atoms with van der Waals surface area (Å²) in [6.07, 6.45) is 0. The van der Waals surface area contributed by atoms with Crippen LogP contribution in [0.5, 0.6) is 0 Å². The van der Waals surface area contributed by atoms with Gasteiger partial charge in [0.15, 0.2) is 0 Å². The van der Waals surface area contributed by atoms with E-state index in [0.29, 0.717) is 5.92 Å². The predicted octanol–water partition coefficient (Wildman–Crippen LogP) is 5.65. The highest BCUT2D eigenvalue weighted by molar-refractivity contribution is 9.10. The second kappa shape index (κ2) is 8.02. The average molecular weight is 364 g/mol. The predicted molar refractivity (Wildman–Crippen MR) is 96.0 cm³/mol. The zero-order chi connectivity index (χ0) is 15.2. The van der Waals surface area contributed by atoms with Gasteiger partial charge in [0.2, 0.25) is 0 Å². The first-order valence-electron chi connectivity index (χ1n) is 7.28. The third-order valence-corrected chi connectivity index (χ3v) is 4.71. The molecule has 1 nitrogen and oxygen atoms in total. The molecule has 0 fully saturated rings. The van der Waals surface area contributed by atoms with Crippen molar-refractivity contribution in [2.45, 2.75) is 37.1 Å². The molecule has 0 heterocycles. The minimum atomic E-state index is 0.671. The monoisotopic (exact) mass is 363 g/mol. The molecule has 2 aromatic carbocycles. The first kappa shape index (κ1) is 16.6. The van der Waals surface area contributed by atoms with Crippen LogP contribution in [0.2, 0.25) is 0 Å². The number of hydrogen-bond acceptors (Lipinski definition) is 2. The van der Waals surface area contributed by atoms with Crippen LogP contribution in [0.1, 0.15) is 25.0 Å². The van der Waals surface area contributed by atoms with Gasteiger partial charge >= 0.3 is 0 Å². The topological polar surface area (TPSA) is 12.0 Å². The molecule has 0 saturated heterocycles. The van der Waals surface area contributed by atoms with Crippen LogP contribution in [-0.2, 0) is 6.54 Å². The highest BCUT2D eigenvalue weighted by Crippen LogP contribution is 2.32. The summed E-state index contributed by atoms with van der Waals surface area (Å²) in [5.41, 5.74) is 2.65. The van der Waals surface area contributed by atoms with Crippen molar-refractivity contribution in [2.24, 2.45) is 5.92 Å². The Balaban J connectivity index is 2.14. The number of halogens is 1. The van der Waals surface area contributed by atoms with E-state index in [4.69, 9.17) is 0 Å². The molecule has 1 N–H and O–H groups in total. The third-order valence-electron chi connectivity index (χ3n) is 3.11. The largest absolute Gasteiger partial charge is 0.312 e. The minimum Gasteiger partial charge on any atom is -0.312 e. The number of nitrogens with one attached hydrogen (secondary N) is 1. The van der Waals surface area contributed by atoms with E-state index in [9.17, 15) is 0 Å². The van der Waals surface area contributed by atoms with Gasteiger partial charge in [-0.25, -0.2) is 0 Å². The van der Waals surface area contributed by atoms with E-state index in [1.807, 2.05) is 11.8 Å². The lowest BCUT2D eigenvalue weighted by molar-refractivity contribution is 0.550. The molecule has 0 aliphatic rings. The highest BCUT2D eigenvalue weighted by atomic mass is 79.9. The molecule has 0 unspecified atom stereocenters. The Morgan fingerprint density at radius 1 is 1.14 bits per heavy atom. The van der Waals surface area contributed by atoms with Crippen LogP contribution in [-0.4, -0.2) is 6.54 Å². The number of hydrogen-bond donors (Lipinski definition) is 1. The Kier molecular flexibility index (Phi) is 6.34. The van der Waals surface area contributed by atoms with E-state index in [0.717, 1.165) is 17.6 Å². The average Bonchev–Trinajstić information content (AvgIpc) is 2.41. The maximum atomic E-state index is 3.58. The summed E-state index contributed by atoms with van der Waals surface area (Å²) in [7, 11) is 0. The van der Waals surface area contributed by atoms with Crippen LogP contribution < -0.4 is 5.32 Å². The van der Waals surface area contributed by atoms with Crippen LogP contribution in [0.25, 0.3) is 0 Å². The van der Waals surface area contributed by atoms with Gasteiger partial charge in [-0.2, -0.15) is 0 Å². The molecule has 0 aliphatic heterocycles. The summed E-state index contributed by atoms with van der Waals surface area (Å²) < 4.78 is 1.14. The van der Waals surface area contributed by atoms with Gasteiger partial charge in [0.25, 0.3) is 0 Å². The van der Waals surface area contributed by atoms with Crippen LogP contribution in [0, 0.1) is 12.8 Å². The van der Waals surface area contributed by atoms with Crippen molar-refractivity contribution >= 4 is 27.7 Å².